The molecule has 0 saturated heterocycles. The van der Waals surface area contributed by atoms with Crippen molar-refractivity contribution >= 4 is 23.6 Å². The number of anilines is 1. The third-order valence-corrected chi connectivity index (χ3v) is 3.21. The van der Waals surface area contributed by atoms with Crippen LogP contribution in [-0.2, 0) is 17.7 Å². The van der Waals surface area contributed by atoms with E-state index in [-0.39, 0.29) is 12.0 Å². The van der Waals surface area contributed by atoms with Crippen molar-refractivity contribution in [2.24, 2.45) is 0 Å². The fourth-order valence-electron chi connectivity index (χ4n) is 2.07. The summed E-state index contributed by atoms with van der Waals surface area (Å²) in [5, 5.41) is 0.308. The van der Waals surface area contributed by atoms with Crippen molar-refractivity contribution in [3.63, 3.8) is 0 Å². The van der Waals surface area contributed by atoms with Gasteiger partial charge in [0, 0.05) is 12.1 Å². The molecule has 2 rings (SSSR count). The molecule has 1 amide bonds. The van der Waals surface area contributed by atoms with E-state index in [4.69, 9.17) is 22.1 Å². The first-order chi connectivity index (χ1) is 9.26. The van der Waals surface area contributed by atoms with Crippen molar-refractivity contribution < 1.29 is 9.53 Å². The lowest BCUT2D eigenvalue weighted by atomic mass is 10.2. The topological polar surface area (TPSA) is 81.3 Å². The van der Waals surface area contributed by atoms with Crippen LogP contribution >= 0.6 is 11.6 Å². The van der Waals surface area contributed by atoms with E-state index >= 15 is 0 Å². The van der Waals surface area contributed by atoms with Gasteiger partial charge in [-0.1, -0.05) is 11.6 Å². The number of hydrogen-bond acceptors (Lipinski definition) is 5. The van der Waals surface area contributed by atoms with Gasteiger partial charge in [-0.2, -0.15) is 0 Å². The first kappa shape index (κ1) is 14.8. The fourth-order valence-corrected chi connectivity index (χ4v) is 2.33. The monoisotopic (exact) mass is 298 g/mol. The molecule has 1 aliphatic rings. The molecule has 2 N–H and O–H groups in total. The first-order valence-corrected chi connectivity index (χ1v) is 6.93. The Morgan fingerprint density at radius 1 is 1.40 bits per heavy atom. The average molecular weight is 299 g/mol. The second-order valence-corrected chi connectivity index (χ2v) is 6.16. The normalized spacial score (nSPS) is 15.5. The number of fused-ring (bicyclic) bond motifs is 1. The smallest absolute Gasteiger partial charge is 0.410 e. The molecule has 0 bridgehead atoms. The average Bonchev–Trinajstić information content (AvgIpc) is 2.49. The zero-order chi connectivity index (χ0) is 14.9. The number of carbonyl (C=O) groups is 1. The molecule has 2 heterocycles. The summed E-state index contributed by atoms with van der Waals surface area (Å²) in [6, 6.07) is 0. The second kappa shape index (κ2) is 5.44. The van der Waals surface area contributed by atoms with Gasteiger partial charge in [0.15, 0.2) is 0 Å². The van der Waals surface area contributed by atoms with Crippen LogP contribution in [0.5, 0.6) is 0 Å². The Morgan fingerprint density at radius 2 is 2.10 bits per heavy atom. The van der Waals surface area contributed by atoms with Gasteiger partial charge in [-0.05, 0) is 33.6 Å². The van der Waals surface area contributed by atoms with E-state index in [1.165, 1.54) is 0 Å². The Bertz CT molecular complexity index is 528. The predicted octanol–water partition coefficient (Wildman–Crippen LogP) is 2.40. The third-order valence-electron chi connectivity index (χ3n) is 2.90. The number of rotatable bonds is 0. The lowest BCUT2D eigenvalue weighted by Crippen LogP contribution is -2.36. The number of carbonyl (C=O) groups excluding carboxylic acids is 1. The molecule has 0 aromatic carbocycles. The molecule has 0 aliphatic carbocycles. The highest BCUT2D eigenvalue weighted by atomic mass is 35.5. The number of hydrogen-bond donors (Lipinski definition) is 1. The van der Waals surface area contributed by atoms with E-state index in [1.54, 1.807) is 4.90 Å². The van der Waals surface area contributed by atoms with Crippen molar-refractivity contribution in [3.8, 4) is 0 Å². The summed E-state index contributed by atoms with van der Waals surface area (Å²) in [5.74, 6) is 0.166. The summed E-state index contributed by atoms with van der Waals surface area (Å²) in [6.45, 7) is 6.47. The maximum atomic E-state index is 12.1. The van der Waals surface area contributed by atoms with Crippen LogP contribution in [0.1, 0.15) is 38.4 Å². The van der Waals surface area contributed by atoms with E-state index in [0.29, 0.717) is 18.2 Å². The quantitative estimate of drug-likeness (QED) is 0.744. The van der Waals surface area contributed by atoms with Crippen LogP contribution in [0.3, 0.4) is 0 Å². The van der Waals surface area contributed by atoms with Crippen LogP contribution in [-0.4, -0.2) is 33.1 Å². The van der Waals surface area contributed by atoms with E-state index < -0.39 is 5.60 Å². The third kappa shape index (κ3) is 3.50. The Hall–Kier alpha value is -1.56. The van der Waals surface area contributed by atoms with Gasteiger partial charge in [-0.3, -0.25) is 0 Å². The first-order valence-electron chi connectivity index (χ1n) is 6.55. The number of halogens is 1. The lowest BCUT2D eigenvalue weighted by Gasteiger charge is -2.26. The number of nitrogens with zero attached hydrogens (tertiary/aromatic N) is 3. The van der Waals surface area contributed by atoms with Crippen LogP contribution < -0.4 is 5.73 Å². The summed E-state index contributed by atoms with van der Waals surface area (Å²) in [4.78, 5) is 21.9. The van der Waals surface area contributed by atoms with Crippen LogP contribution in [0.15, 0.2) is 0 Å². The number of nitrogen functional groups attached to an aromatic ring is 1. The molecule has 0 fully saturated rings. The van der Waals surface area contributed by atoms with E-state index in [1.807, 2.05) is 20.8 Å². The highest BCUT2D eigenvalue weighted by molar-refractivity contribution is 6.30. The predicted molar refractivity (Wildman–Crippen MR) is 76.4 cm³/mol. The molecule has 0 saturated carbocycles. The molecule has 1 aromatic heterocycles. The maximum absolute atomic E-state index is 12.1. The van der Waals surface area contributed by atoms with Gasteiger partial charge in [0.05, 0.1) is 12.2 Å². The van der Waals surface area contributed by atoms with Crippen molar-refractivity contribution in [1.29, 1.82) is 0 Å². The van der Waals surface area contributed by atoms with Gasteiger partial charge in [-0.15, -0.1) is 0 Å². The molecule has 20 heavy (non-hydrogen) atoms. The molecular formula is C13H19ClN4O2. The maximum Gasteiger partial charge on any atom is 0.410 e. The molecule has 7 heteroatoms. The Labute approximate surface area is 123 Å². The lowest BCUT2D eigenvalue weighted by molar-refractivity contribution is 0.0237. The minimum absolute atomic E-state index is 0.166. The molecule has 6 nitrogen and oxygen atoms in total. The van der Waals surface area contributed by atoms with Crippen LogP contribution in [0.25, 0.3) is 0 Å². The summed E-state index contributed by atoms with van der Waals surface area (Å²) >= 11 is 6.11. The van der Waals surface area contributed by atoms with E-state index in [0.717, 1.165) is 24.1 Å². The summed E-state index contributed by atoms with van der Waals surface area (Å²) in [7, 11) is 0. The minimum Gasteiger partial charge on any atom is -0.444 e. The fraction of sp³-hybridized carbons (Fsp3) is 0.615. The van der Waals surface area contributed by atoms with Crippen molar-refractivity contribution in [2.75, 3.05) is 12.3 Å². The molecule has 0 radical (unpaired) electrons. The zero-order valence-electron chi connectivity index (χ0n) is 11.9. The van der Waals surface area contributed by atoms with Gasteiger partial charge in [0.2, 0.25) is 5.95 Å². The molecule has 1 aromatic rings. The minimum atomic E-state index is -0.520. The van der Waals surface area contributed by atoms with Gasteiger partial charge in [0.1, 0.15) is 10.8 Å². The molecular weight excluding hydrogens is 280 g/mol. The van der Waals surface area contributed by atoms with E-state index in [9.17, 15) is 4.79 Å². The molecule has 1 aliphatic heterocycles. The Morgan fingerprint density at radius 3 is 2.75 bits per heavy atom. The largest absolute Gasteiger partial charge is 0.444 e. The standard InChI is InChI=1S/C13H19ClN4O2/c1-13(2,3)20-12(19)18-6-4-5-9-8(7-18)10(14)17-11(15)16-9/h4-7H2,1-3H3,(H2,15,16,17). The Balaban J connectivity index is 2.22. The van der Waals surface area contributed by atoms with Gasteiger partial charge in [0.25, 0.3) is 0 Å². The zero-order valence-corrected chi connectivity index (χ0v) is 12.7. The number of ether oxygens (including phenoxy) is 1. The van der Waals surface area contributed by atoms with Crippen LogP contribution in [0.4, 0.5) is 10.7 Å². The van der Waals surface area contributed by atoms with Gasteiger partial charge < -0.3 is 15.4 Å². The number of aromatic nitrogens is 2. The summed E-state index contributed by atoms with van der Waals surface area (Å²) in [6.07, 6.45) is 1.17. The highest BCUT2D eigenvalue weighted by Crippen LogP contribution is 2.25. The molecule has 0 atom stereocenters. The molecule has 0 spiro atoms. The molecule has 0 unspecified atom stereocenters. The molecule has 110 valence electrons. The van der Waals surface area contributed by atoms with Gasteiger partial charge in [-0.25, -0.2) is 14.8 Å². The summed E-state index contributed by atoms with van der Waals surface area (Å²) in [5.41, 5.74) is 6.65. The summed E-state index contributed by atoms with van der Waals surface area (Å²) < 4.78 is 5.39. The highest BCUT2D eigenvalue weighted by Gasteiger charge is 2.26. The number of amides is 1. The van der Waals surface area contributed by atoms with Crippen molar-refractivity contribution in [3.05, 3.63) is 16.4 Å². The van der Waals surface area contributed by atoms with Crippen LogP contribution in [0, 0.1) is 0 Å². The number of aryl methyl sites for hydroxylation is 1. The van der Waals surface area contributed by atoms with Crippen molar-refractivity contribution in [1.82, 2.24) is 14.9 Å². The SMILES string of the molecule is CC(C)(C)OC(=O)N1CCCc2nc(N)nc(Cl)c2C1. The second-order valence-electron chi connectivity index (χ2n) is 5.80. The van der Waals surface area contributed by atoms with Crippen molar-refractivity contribution in [2.45, 2.75) is 45.8 Å². The van der Waals surface area contributed by atoms with Gasteiger partial charge >= 0.3 is 6.09 Å². The Kier molecular flexibility index (Phi) is 4.04. The van der Waals surface area contributed by atoms with Crippen LogP contribution in [0.2, 0.25) is 5.15 Å². The number of nitrogens with two attached hydrogens (primary N) is 1. The van der Waals surface area contributed by atoms with E-state index in [2.05, 4.69) is 9.97 Å².